The lowest BCUT2D eigenvalue weighted by molar-refractivity contribution is 0.317. The molecular formula is C11H15N. The Morgan fingerprint density at radius 2 is 2.17 bits per heavy atom. The lowest BCUT2D eigenvalue weighted by Crippen LogP contribution is -2.16. The number of rotatable bonds is 2. The fourth-order valence-electron chi connectivity index (χ4n) is 2.88. The second kappa shape index (κ2) is 2.94. The van der Waals surface area contributed by atoms with Gasteiger partial charge in [0.25, 0.3) is 0 Å². The van der Waals surface area contributed by atoms with Gasteiger partial charge >= 0.3 is 0 Å². The van der Waals surface area contributed by atoms with Gasteiger partial charge < -0.3 is 0 Å². The van der Waals surface area contributed by atoms with Crippen molar-refractivity contribution in [3.63, 3.8) is 0 Å². The molecule has 2 rings (SSSR count). The zero-order valence-corrected chi connectivity index (χ0v) is 7.53. The molecule has 0 aromatic rings. The van der Waals surface area contributed by atoms with Crippen LogP contribution in [0.4, 0.5) is 0 Å². The normalized spacial score (nSPS) is 43.3. The maximum absolute atomic E-state index is 8.52. The summed E-state index contributed by atoms with van der Waals surface area (Å²) in [4.78, 5) is 0. The van der Waals surface area contributed by atoms with Gasteiger partial charge in [-0.05, 0) is 36.5 Å². The second-order valence-electron chi connectivity index (χ2n) is 4.17. The minimum atomic E-state index is 0.742. The van der Waals surface area contributed by atoms with Crippen molar-refractivity contribution in [3.8, 4) is 6.07 Å². The molecule has 1 nitrogen and oxygen atoms in total. The first-order valence-corrected chi connectivity index (χ1v) is 4.88. The van der Waals surface area contributed by atoms with Crippen molar-refractivity contribution in [2.45, 2.75) is 26.2 Å². The molecule has 0 aromatic carbocycles. The highest BCUT2D eigenvalue weighted by Crippen LogP contribution is 2.49. The van der Waals surface area contributed by atoms with Gasteiger partial charge in [0.05, 0.1) is 6.07 Å². The fraction of sp³-hybridized carbons (Fsp3) is 0.727. The summed E-state index contributed by atoms with van der Waals surface area (Å²) in [5.41, 5.74) is 0. The third kappa shape index (κ3) is 1.06. The summed E-state index contributed by atoms with van der Waals surface area (Å²) in [5, 5.41) is 8.52. The highest BCUT2D eigenvalue weighted by molar-refractivity contribution is 5.12. The Kier molecular flexibility index (Phi) is 1.92. The van der Waals surface area contributed by atoms with Crippen LogP contribution in [0.1, 0.15) is 26.2 Å². The lowest BCUT2D eigenvalue weighted by atomic mass is 9.82. The summed E-state index contributed by atoms with van der Waals surface area (Å²) in [6.07, 6.45) is 7.96. The van der Waals surface area contributed by atoms with Gasteiger partial charge in [-0.15, -0.1) is 0 Å². The van der Waals surface area contributed by atoms with Gasteiger partial charge in [0.1, 0.15) is 0 Å². The SMILES string of the molecule is CC1C2C=CC(C2)C1CCC#N. The summed E-state index contributed by atoms with van der Waals surface area (Å²) >= 11 is 0. The molecule has 64 valence electrons. The molecule has 4 unspecified atom stereocenters. The number of hydrogen-bond donors (Lipinski definition) is 0. The molecule has 2 aliphatic carbocycles. The van der Waals surface area contributed by atoms with Crippen LogP contribution in [0.25, 0.3) is 0 Å². The maximum atomic E-state index is 8.52. The molecule has 0 amide bonds. The number of nitriles is 1. The van der Waals surface area contributed by atoms with E-state index in [4.69, 9.17) is 5.26 Å². The van der Waals surface area contributed by atoms with Gasteiger partial charge in [-0.25, -0.2) is 0 Å². The fourth-order valence-corrected chi connectivity index (χ4v) is 2.88. The molecule has 0 N–H and O–H groups in total. The Morgan fingerprint density at radius 3 is 2.75 bits per heavy atom. The van der Waals surface area contributed by atoms with Crippen molar-refractivity contribution in [2.24, 2.45) is 23.7 Å². The largest absolute Gasteiger partial charge is 0.198 e. The van der Waals surface area contributed by atoms with Crippen LogP contribution in [-0.2, 0) is 0 Å². The van der Waals surface area contributed by atoms with E-state index in [2.05, 4.69) is 25.1 Å². The van der Waals surface area contributed by atoms with Gasteiger partial charge in [0, 0.05) is 6.42 Å². The number of allylic oxidation sites excluding steroid dienone is 2. The average molecular weight is 161 g/mol. The third-order valence-electron chi connectivity index (χ3n) is 3.64. The Hall–Kier alpha value is -0.770. The highest BCUT2D eigenvalue weighted by atomic mass is 14.5. The van der Waals surface area contributed by atoms with Gasteiger partial charge in [0.15, 0.2) is 0 Å². The van der Waals surface area contributed by atoms with Gasteiger partial charge in [0.2, 0.25) is 0 Å². The Labute approximate surface area is 74.1 Å². The van der Waals surface area contributed by atoms with E-state index in [1.807, 2.05) is 0 Å². The average Bonchev–Trinajstić information content (AvgIpc) is 2.62. The molecule has 0 aliphatic heterocycles. The first-order chi connectivity index (χ1) is 5.83. The van der Waals surface area contributed by atoms with Crippen LogP contribution in [0.15, 0.2) is 12.2 Å². The first-order valence-electron chi connectivity index (χ1n) is 4.88. The Bertz CT molecular complexity index is 236. The van der Waals surface area contributed by atoms with Gasteiger partial charge in [-0.3, -0.25) is 0 Å². The smallest absolute Gasteiger partial charge is 0.0621 e. The molecule has 1 fully saturated rings. The van der Waals surface area contributed by atoms with Crippen LogP contribution in [0.3, 0.4) is 0 Å². The molecule has 0 saturated heterocycles. The van der Waals surface area contributed by atoms with E-state index >= 15 is 0 Å². The van der Waals surface area contributed by atoms with Crippen LogP contribution in [0.2, 0.25) is 0 Å². The van der Waals surface area contributed by atoms with Crippen LogP contribution >= 0.6 is 0 Å². The molecule has 12 heavy (non-hydrogen) atoms. The molecular weight excluding hydrogens is 146 g/mol. The molecule has 4 atom stereocenters. The van der Waals surface area contributed by atoms with E-state index in [1.54, 1.807) is 0 Å². The van der Waals surface area contributed by atoms with Crippen LogP contribution < -0.4 is 0 Å². The molecule has 0 spiro atoms. The molecule has 0 radical (unpaired) electrons. The van der Waals surface area contributed by atoms with Crippen molar-refractivity contribution in [1.29, 1.82) is 5.26 Å². The van der Waals surface area contributed by atoms with E-state index in [9.17, 15) is 0 Å². The Morgan fingerprint density at radius 1 is 1.42 bits per heavy atom. The van der Waals surface area contributed by atoms with Crippen LogP contribution in [-0.4, -0.2) is 0 Å². The predicted octanol–water partition coefficient (Wildman–Crippen LogP) is 2.75. The minimum Gasteiger partial charge on any atom is -0.198 e. The monoisotopic (exact) mass is 161 g/mol. The standard InChI is InChI=1S/C11H15N/c1-8-9-4-5-10(7-9)11(8)3-2-6-12/h4-5,8-11H,2-3,7H2,1H3. The molecule has 0 aromatic heterocycles. The second-order valence-corrected chi connectivity index (χ2v) is 4.17. The maximum Gasteiger partial charge on any atom is 0.0621 e. The van der Waals surface area contributed by atoms with E-state index in [0.29, 0.717) is 0 Å². The summed E-state index contributed by atoms with van der Waals surface area (Å²) in [7, 11) is 0. The minimum absolute atomic E-state index is 0.742. The van der Waals surface area contributed by atoms with Crippen molar-refractivity contribution in [3.05, 3.63) is 12.2 Å². The first kappa shape index (κ1) is 7.86. The van der Waals surface area contributed by atoms with Gasteiger partial charge in [-0.1, -0.05) is 19.1 Å². The number of nitrogens with zero attached hydrogens (tertiary/aromatic N) is 1. The van der Waals surface area contributed by atoms with Crippen molar-refractivity contribution >= 4 is 0 Å². The molecule has 1 saturated carbocycles. The van der Waals surface area contributed by atoms with Crippen LogP contribution in [0, 0.1) is 35.0 Å². The molecule has 2 bridgehead atoms. The number of hydrogen-bond acceptors (Lipinski definition) is 1. The summed E-state index contributed by atoms with van der Waals surface area (Å²) < 4.78 is 0. The summed E-state index contributed by atoms with van der Waals surface area (Å²) in [6, 6.07) is 2.25. The zero-order chi connectivity index (χ0) is 8.55. The highest BCUT2D eigenvalue weighted by Gasteiger charge is 2.40. The van der Waals surface area contributed by atoms with Crippen molar-refractivity contribution in [2.75, 3.05) is 0 Å². The lowest BCUT2D eigenvalue weighted by Gasteiger charge is -2.23. The molecule has 2 aliphatic rings. The van der Waals surface area contributed by atoms with E-state index in [0.717, 1.165) is 36.5 Å². The predicted molar refractivity (Wildman–Crippen MR) is 48.2 cm³/mol. The quantitative estimate of drug-likeness (QED) is 0.571. The zero-order valence-electron chi connectivity index (χ0n) is 7.53. The van der Waals surface area contributed by atoms with E-state index in [-0.39, 0.29) is 0 Å². The third-order valence-corrected chi connectivity index (χ3v) is 3.64. The van der Waals surface area contributed by atoms with E-state index < -0.39 is 0 Å². The van der Waals surface area contributed by atoms with Crippen molar-refractivity contribution in [1.82, 2.24) is 0 Å². The summed E-state index contributed by atoms with van der Waals surface area (Å²) in [6.45, 7) is 2.34. The molecule has 1 heteroatoms. The van der Waals surface area contributed by atoms with Gasteiger partial charge in [-0.2, -0.15) is 5.26 Å². The Balaban J connectivity index is 1.99. The van der Waals surface area contributed by atoms with E-state index in [1.165, 1.54) is 6.42 Å². The topological polar surface area (TPSA) is 23.8 Å². The van der Waals surface area contributed by atoms with Crippen LogP contribution in [0.5, 0.6) is 0 Å². The van der Waals surface area contributed by atoms with Crippen molar-refractivity contribution < 1.29 is 0 Å². The number of fused-ring (bicyclic) bond motifs is 2. The molecule has 0 heterocycles. The summed E-state index contributed by atoms with van der Waals surface area (Å²) in [5.74, 6) is 3.27.